The van der Waals surface area contributed by atoms with Crippen LogP contribution in [0.3, 0.4) is 0 Å². The van der Waals surface area contributed by atoms with Crippen molar-refractivity contribution in [3.05, 3.63) is 0 Å². The molecular weight excluding hydrogens is 295 g/mol. The van der Waals surface area contributed by atoms with Crippen molar-refractivity contribution in [2.75, 3.05) is 26.2 Å². The summed E-state index contributed by atoms with van der Waals surface area (Å²) in [6.45, 7) is 6.89. The van der Waals surface area contributed by atoms with E-state index in [1.165, 1.54) is 0 Å². The van der Waals surface area contributed by atoms with Gasteiger partial charge in [0, 0.05) is 0 Å². The van der Waals surface area contributed by atoms with Crippen molar-refractivity contribution in [1.82, 2.24) is 5.32 Å². The molecule has 80 valence electrons. The smallest absolute Gasteiger partial charge is 0.321 e. The van der Waals surface area contributed by atoms with Crippen molar-refractivity contribution in [3.8, 4) is 0 Å². The molecular formula is C9H16IN2O2+. The van der Waals surface area contributed by atoms with Gasteiger partial charge in [-0.3, -0.25) is 14.7 Å². The molecule has 0 amide bonds. The van der Waals surface area contributed by atoms with E-state index in [-0.39, 0.29) is 5.97 Å². The molecule has 1 aliphatic rings. The second-order valence-corrected chi connectivity index (χ2v) is 6.42. The first-order chi connectivity index (χ1) is 6.50. The molecule has 0 aromatic heterocycles. The molecule has 5 heteroatoms. The third-order valence-corrected chi connectivity index (χ3v) is 2.35. The number of alkyl halides is 1. The number of esters is 1. The highest BCUT2D eigenvalue weighted by molar-refractivity contribution is 14.1. The summed E-state index contributed by atoms with van der Waals surface area (Å²) in [5.41, 5.74) is 0. The Kier molecular flexibility index (Phi) is 4.15. The molecule has 1 rings (SSSR count). The van der Waals surface area contributed by atoms with E-state index in [4.69, 9.17) is 4.74 Å². The molecule has 0 unspecified atom stereocenters. The quantitative estimate of drug-likeness (QED) is 0.353. The maximum absolute atomic E-state index is 11.4. The standard InChI is InChI=1S/C9H15IN2O2/c1-9(2,10)8(13)14-6-5-12-4-3-11-7-12/h7H,3-6H2,1-2H3/p+1. The highest BCUT2D eigenvalue weighted by atomic mass is 127. The SMILES string of the molecule is CC(C)(I)C(=O)OCC[N+]1=CNCC1. The summed E-state index contributed by atoms with van der Waals surface area (Å²) in [5, 5.41) is 3.10. The fourth-order valence-corrected chi connectivity index (χ4v) is 1.23. The second-order valence-electron chi connectivity index (χ2n) is 3.73. The maximum atomic E-state index is 11.4. The van der Waals surface area contributed by atoms with Gasteiger partial charge in [0.1, 0.15) is 29.7 Å². The number of nitrogens with zero attached hydrogens (tertiary/aromatic N) is 1. The number of ether oxygens (including phenoxy) is 1. The zero-order chi connectivity index (χ0) is 10.6. The average Bonchev–Trinajstić information content (AvgIpc) is 2.55. The Labute approximate surface area is 97.8 Å². The molecule has 0 bridgehead atoms. The van der Waals surface area contributed by atoms with Gasteiger partial charge in [0.2, 0.25) is 6.34 Å². The van der Waals surface area contributed by atoms with Crippen LogP contribution in [-0.4, -0.2) is 46.5 Å². The van der Waals surface area contributed by atoms with Gasteiger partial charge in [-0.2, -0.15) is 0 Å². The van der Waals surface area contributed by atoms with Crippen molar-refractivity contribution in [2.45, 2.75) is 17.3 Å². The highest BCUT2D eigenvalue weighted by Gasteiger charge is 2.25. The fraction of sp³-hybridized carbons (Fsp3) is 0.778. The van der Waals surface area contributed by atoms with Crippen LogP contribution < -0.4 is 5.32 Å². The molecule has 4 nitrogen and oxygen atoms in total. The molecule has 0 spiro atoms. The molecule has 0 aromatic carbocycles. The normalized spacial score (nSPS) is 16.1. The summed E-state index contributed by atoms with van der Waals surface area (Å²) in [5.74, 6) is -0.148. The van der Waals surface area contributed by atoms with Crippen LogP contribution in [0.1, 0.15) is 13.8 Å². The van der Waals surface area contributed by atoms with Gasteiger partial charge < -0.3 is 4.74 Å². The number of halogens is 1. The van der Waals surface area contributed by atoms with Crippen LogP contribution in [0.5, 0.6) is 0 Å². The van der Waals surface area contributed by atoms with Gasteiger partial charge in [-0.15, -0.1) is 0 Å². The molecule has 0 saturated heterocycles. The first-order valence-corrected chi connectivity index (χ1v) is 5.75. The Balaban J connectivity index is 2.18. The van der Waals surface area contributed by atoms with E-state index in [1.54, 1.807) is 0 Å². The number of rotatable bonds is 4. The van der Waals surface area contributed by atoms with Crippen LogP contribution in [0.4, 0.5) is 0 Å². The number of hydrogen-bond acceptors (Lipinski definition) is 3. The van der Waals surface area contributed by atoms with E-state index in [2.05, 4.69) is 32.5 Å². The van der Waals surface area contributed by atoms with E-state index in [0.29, 0.717) is 6.61 Å². The van der Waals surface area contributed by atoms with Crippen molar-refractivity contribution in [2.24, 2.45) is 0 Å². The summed E-state index contributed by atoms with van der Waals surface area (Å²) in [6, 6.07) is 0. The van der Waals surface area contributed by atoms with Crippen molar-refractivity contribution < 1.29 is 14.1 Å². The number of carbonyl (C=O) groups is 1. The molecule has 14 heavy (non-hydrogen) atoms. The summed E-state index contributed by atoms with van der Waals surface area (Å²) >= 11 is 2.08. The Hall–Kier alpha value is -0.330. The Morgan fingerprint density at radius 1 is 1.71 bits per heavy atom. The largest absolute Gasteiger partial charge is 0.461 e. The third-order valence-electron chi connectivity index (χ3n) is 1.91. The molecule has 0 radical (unpaired) electrons. The van der Waals surface area contributed by atoms with Crippen LogP contribution in [-0.2, 0) is 9.53 Å². The predicted molar refractivity (Wildman–Crippen MR) is 63.1 cm³/mol. The van der Waals surface area contributed by atoms with Crippen LogP contribution in [0, 0.1) is 0 Å². The highest BCUT2D eigenvalue weighted by Crippen LogP contribution is 2.17. The van der Waals surface area contributed by atoms with Crippen LogP contribution in [0.2, 0.25) is 0 Å². The van der Waals surface area contributed by atoms with Crippen molar-refractivity contribution in [1.29, 1.82) is 0 Å². The molecule has 1 aliphatic heterocycles. The minimum Gasteiger partial charge on any atom is -0.461 e. The topological polar surface area (TPSA) is 41.3 Å². The summed E-state index contributed by atoms with van der Waals surface area (Å²) in [4.78, 5) is 11.4. The zero-order valence-electron chi connectivity index (χ0n) is 8.55. The van der Waals surface area contributed by atoms with Crippen LogP contribution >= 0.6 is 22.6 Å². The van der Waals surface area contributed by atoms with Gasteiger partial charge >= 0.3 is 5.97 Å². The molecule has 0 atom stereocenters. The van der Waals surface area contributed by atoms with Gasteiger partial charge in [-0.25, -0.2) is 0 Å². The minimum absolute atomic E-state index is 0.148. The lowest BCUT2D eigenvalue weighted by atomic mass is 10.2. The molecule has 1 N–H and O–H groups in total. The Morgan fingerprint density at radius 3 is 2.93 bits per heavy atom. The first-order valence-electron chi connectivity index (χ1n) is 4.67. The molecule has 0 aliphatic carbocycles. The average molecular weight is 311 g/mol. The van der Waals surface area contributed by atoms with E-state index in [0.717, 1.165) is 19.6 Å². The zero-order valence-corrected chi connectivity index (χ0v) is 10.7. The maximum Gasteiger partial charge on any atom is 0.321 e. The van der Waals surface area contributed by atoms with Gasteiger partial charge in [-0.05, 0) is 13.8 Å². The van der Waals surface area contributed by atoms with Gasteiger partial charge in [0.25, 0.3) is 0 Å². The lowest BCUT2D eigenvalue weighted by molar-refractivity contribution is -0.515. The van der Waals surface area contributed by atoms with Crippen LogP contribution in [0.25, 0.3) is 0 Å². The number of carbonyl (C=O) groups excluding carboxylic acids is 1. The summed E-state index contributed by atoms with van der Waals surface area (Å²) in [7, 11) is 0. The summed E-state index contributed by atoms with van der Waals surface area (Å²) in [6.07, 6.45) is 1.93. The molecule has 1 heterocycles. The summed E-state index contributed by atoms with van der Waals surface area (Å²) < 4.78 is 6.81. The van der Waals surface area contributed by atoms with Crippen LogP contribution in [0.15, 0.2) is 0 Å². The predicted octanol–water partition coefficient (Wildman–Crippen LogP) is 0.387. The van der Waals surface area contributed by atoms with Gasteiger partial charge in [-0.1, -0.05) is 22.6 Å². The third kappa shape index (κ3) is 3.81. The minimum atomic E-state index is -0.426. The molecule has 0 fully saturated rings. The van der Waals surface area contributed by atoms with E-state index >= 15 is 0 Å². The number of hydrogen-bond donors (Lipinski definition) is 1. The van der Waals surface area contributed by atoms with Gasteiger partial charge in [0.15, 0.2) is 0 Å². The van der Waals surface area contributed by atoms with Gasteiger partial charge in [0.05, 0.1) is 0 Å². The lowest BCUT2D eigenvalue weighted by Gasteiger charge is -2.14. The van der Waals surface area contributed by atoms with E-state index in [1.807, 2.05) is 20.2 Å². The van der Waals surface area contributed by atoms with Crippen molar-refractivity contribution in [3.63, 3.8) is 0 Å². The molecule has 0 aromatic rings. The van der Waals surface area contributed by atoms with Crippen molar-refractivity contribution >= 4 is 34.9 Å². The monoisotopic (exact) mass is 311 g/mol. The lowest BCUT2D eigenvalue weighted by Crippen LogP contribution is -2.29. The fourth-order valence-electron chi connectivity index (χ4n) is 1.07. The Morgan fingerprint density at radius 2 is 2.43 bits per heavy atom. The van der Waals surface area contributed by atoms with E-state index < -0.39 is 3.42 Å². The Bertz CT molecular complexity index is 246. The molecule has 0 saturated carbocycles. The van der Waals surface area contributed by atoms with E-state index in [9.17, 15) is 4.79 Å². The number of nitrogens with one attached hydrogen (secondary N) is 1. The second kappa shape index (κ2) is 4.95. The first kappa shape index (κ1) is 11.7.